The molecule has 0 aliphatic heterocycles. The predicted octanol–water partition coefficient (Wildman–Crippen LogP) is 3.55. The summed E-state index contributed by atoms with van der Waals surface area (Å²) in [7, 11) is 5.33. The van der Waals surface area contributed by atoms with E-state index in [4.69, 9.17) is 14.2 Å². The van der Waals surface area contributed by atoms with Gasteiger partial charge >= 0.3 is 0 Å². The molecule has 3 aliphatic carbocycles. The molecule has 0 aromatic heterocycles. The molecule has 5 nitrogen and oxygen atoms in total. The number of nitrogens with zero attached hydrogens (tertiary/aromatic N) is 1. The van der Waals surface area contributed by atoms with Crippen molar-refractivity contribution in [2.45, 2.75) is 39.2 Å². The van der Waals surface area contributed by atoms with E-state index in [0.717, 1.165) is 30.4 Å². The number of aliphatic hydroxyl groups is 1. The first-order valence-corrected chi connectivity index (χ1v) is 10.7. The number of allylic oxidation sites excluding steroid dienone is 1. The SMILES string of the molecule is COc1ccc(CCN(C)C[C@H](O)COCC2=CC[C@H]3C[C@H]2C3(C)C)cc1OC. The number of likely N-dealkylation sites (N-methyl/N-ethyl adjacent to an activating group) is 1. The molecule has 29 heavy (non-hydrogen) atoms. The van der Waals surface area contributed by atoms with Gasteiger partial charge in [-0.05, 0) is 66.8 Å². The first-order chi connectivity index (χ1) is 13.8. The van der Waals surface area contributed by atoms with Crippen molar-refractivity contribution in [1.29, 1.82) is 0 Å². The average Bonchev–Trinajstić information content (AvgIpc) is 2.71. The number of methoxy groups -OCH3 is 2. The highest BCUT2D eigenvalue weighted by atomic mass is 16.5. The molecular formula is C24H37NO4. The summed E-state index contributed by atoms with van der Waals surface area (Å²) in [5.41, 5.74) is 3.05. The molecule has 0 amide bonds. The zero-order valence-electron chi connectivity index (χ0n) is 18.6. The van der Waals surface area contributed by atoms with E-state index in [2.05, 4.69) is 30.9 Å². The van der Waals surface area contributed by atoms with Crippen LogP contribution in [0.5, 0.6) is 11.5 Å². The van der Waals surface area contributed by atoms with Crippen LogP contribution in [0.15, 0.2) is 29.8 Å². The first kappa shape index (κ1) is 22.1. The van der Waals surface area contributed by atoms with Crippen molar-refractivity contribution in [2.75, 3.05) is 47.6 Å². The molecule has 1 saturated carbocycles. The number of hydrogen-bond acceptors (Lipinski definition) is 5. The van der Waals surface area contributed by atoms with Crippen LogP contribution in [-0.4, -0.2) is 63.7 Å². The van der Waals surface area contributed by atoms with Gasteiger partial charge in [0.1, 0.15) is 0 Å². The van der Waals surface area contributed by atoms with E-state index in [-0.39, 0.29) is 0 Å². The molecule has 1 fully saturated rings. The minimum Gasteiger partial charge on any atom is -0.493 e. The number of hydrogen-bond donors (Lipinski definition) is 1. The van der Waals surface area contributed by atoms with Gasteiger partial charge in [-0.3, -0.25) is 0 Å². The van der Waals surface area contributed by atoms with Gasteiger partial charge in [0.15, 0.2) is 11.5 Å². The molecule has 0 unspecified atom stereocenters. The van der Waals surface area contributed by atoms with Gasteiger partial charge in [-0.1, -0.05) is 26.0 Å². The fourth-order valence-electron chi connectivity index (χ4n) is 4.81. The zero-order chi connectivity index (χ0) is 21.0. The molecule has 0 radical (unpaired) electrons. The van der Waals surface area contributed by atoms with Gasteiger partial charge in [-0.2, -0.15) is 0 Å². The normalized spacial score (nSPS) is 23.3. The van der Waals surface area contributed by atoms with E-state index >= 15 is 0 Å². The number of aliphatic hydroxyl groups excluding tert-OH is 1. The second-order valence-corrected chi connectivity index (χ2v) is 9.19. The molecule has 5 heteroatoms. The van der Waals surface area contributed by atoms with Crippen LogP contribution in [0.3, 0.4) is 0 Å². The number of rotatable bonds is 11. The summed E-state index contributed by atoms with van der Waals surface area (Å²) in [6, 6.07) is 6.00. The summed E-state index contributed by atoms with van der Waals surface area (Å²) in [5, 5.41) is 10.4. The van der Waals surface area contributed by atoms with Crippen LogP contribution in [0, 0.1) is 17.3 Å². The van der Waals surface area contributed by atoms with E-state index in [1.807, 2.05) is 19.2 Å². The summed E-state index contributed by atoms with van der Waals surface area (Å²) < 4.78 is 16.5. The maximum absolute atomic E-state index is 10.4. The van der Waals surface area contributed by atoms with Crippen molar-refractivity contribution in [3.63, 3.8) is 0 Å². The maximum atomic E-state index is 10.4. The second kappa shape index (κ2) is 9.50. The van der Waals surface area contributed by atoms with E-state index < -0.39 is 6.10 Å². The molecule has 162 valence electrons. The Morgan fingerprint density at radius 1 is 1.21 bits per heavy atom. The summed E-state index contributed by atoms with van der Waals surface area (Å²) in [4.78, 5) is 2.14. The highest BCUT2D eigenvalue weighted by molar-refractivity contribution is 5.42. The number of ether oxygens (including phenoxy) is 3. The smallest absolute Gasteiger partial charge is 0.160 e. The van der Waals surface area contributed by atoms with Crippen molar-refractivity contribution in [1.82, 2.24) is 4.90 Å². The topological polar surface area (TPSA) is 51.2 Å². The monoisotopic (exact) mass is 403 g/mol. The Kier molecular flexibility index (Phi) is 7.25. The van der Waals surface area contributed by atoms with Crippen molar-refractivity contribution in [3.8, 4) is 11.5 Å². The largest absolute Gasteiger partial charge is 0.493 e. The van der Waals surface area contributed by atoms with E-state index in [9.17, 15) is 5.11 Å². The van der Waals surface area contributed by atoms with Crippen molar-refractivity contribution < 1.29 is 19.3 Å². The quantitative estimate of drug-likeness (QED) is 0.573. The van der Waals surface area contributed by atoms with Crippen LogP contribution >= 0.6 is 0 Å². The van der Waals surface area contributed by atoms with Crippen molar-refractivity contribution in [2.24, 2.45) is 17.3 Å². The van der Waals surface area contributed by atoms with Gasteiger partial charge in [0.2, 0.25) is 0 Å². The highest BCUT2D eigenvalue weighted by Gasteiger charge is 2.50. The van der Waals surface area contributed by atoms with Crippen LogP contribution in [0.4, 0.5) is 0 Å². The highest BCUT2D eigenvalue weighted by Crippen LogP contribution is 2.59. The first-order valence-electron chi connectivity index (χ1n) is 10.7. The van der Waals surface area contributed by atoms with Gasteiger partial charge in [0.05, 0.1) is 33.5 Å². The molecule has 0 saturated heterocycles. The van der Waals surface area contributed by atoms with Crippen LogP contribution in [0.1, 0.15) is 32.3 Å². The molecule has 1 N–H and O–H groups in total. The Morgan fingerprint density at radius 3 is 2.62 bits per heavy atom. The fraction of sp³-hybridized carbons (Fsp3) is 0.667. The van der Waals surface area contributed by atoms with Crippen LogP contribution in [-0.2, 0) is 11.2 Å². The molecule has 0 spiro atoms. The molecule has 4 rings (SSSR count). The Balaban J connectivity index is 1.36. The minimum absolute atomic E-state index is 0.384. The Bertz CT molecular complexity index is 715. The van der Waals surface area contributed by atoms with Gasteiger partial charge in [0, 0.05) is 13.1 Å². The summed E-state index contributed by atoms with van der Waals surface area (Å²) in [6.07, 6.45) is 5.27. The van der Waals surface area contributed by atoms with Crippen LogP contribution in [0.2, 0.25) is 0 Å². The van der Waals surface area contributed by atoms with Crippen LogP contribution in [0.25, 0.3) is 0 Å². The van der Waals surface area contributed by atoms with Gasteiger partial charge < -0.3 is 24.2 Å². The lowest BCUT2D eigenvalue weighted by Gasteiger charge is -2.56. The van der Waals surface area contributed by atoms with E-state index in [1.54, 1.807) is 14.2 Å². The Hall–Kier alpha value is -1.56. The van der Waals surface area contributed by atoms with E-state index in [1.165, 1.54) is 24.0 Å². The Labute approximate surface area is 175 Å². The molecule has 1 aromatic rings. The van der Waals surface area contributed by atoms with E-state index in [0.29, 0.717) is 31.1 Å². The number of benzene rings is 1. The lowest BCUT2D eigenvalue weighted by Crippen LogP contribution is -2.48. The van der Waals surface area contributed by atoms with Crippen molar-refractivity contribution in [3.05, 3.63) is 35.4 Å². The summed E-state index contributed by atoms with van der Waals surface area (Å²) in [6.45, 7) is 7.25. The zero-order valence-corrected chi connectivity index (χ0v) is 18.6. The number of fused-ring (bicyclic) bond motifs is 1. The summed E-state index contributed by atoms with van der Waals surface area (Å²) >= 11 is 0. The average molecular weight is 404 g/mol. The third-order valence-corrected chi connectivity index (χ3v) is 6.91. The fourth-order valence-corrected chi connectivity index (χ4v) is 4.81. The maximum Gasteiger partial charge on any atom is 0.160 e. The third kappa shape index (κ3) is 5.14. The molecule has 3 aliphatic rings. The molecular weight excluding hydrogens is 366 g/mol. The summed E-state index contributed by atoms with van der Waals surface area (Å²) in [5.74, 6) is 3.01. The lowest BCUT2D eigenvalue weighted by atomic mass is 9.49. The second-order valence-electron chi connectivity index (χ2n) is 9.19. The standard InChI is InChI=1S/C24H37NO4/c1-24(2)19-8-7-18(21(24)13-19)15-29-16-20(26)14-25(3)11-10-17-6-9-22(27-4)23(12-17)28-5/h6-7,9,12,19-21,26H,8,10-11,13-16H2,1-5H3/t19-,20-,21+/m0/s1. The molecule has 0 heterocycles. The van der Waals surface area contributed by atoms with Gasteiger partial charge in [-0.25, -0.2) is 0 Å². The van der Waals surface area contributed by atoms with Crippen molar-refractivity contribution >= 4 is 0 Å². The predicted molar refractivity (Wildman–Crippen MR) is 116 cm³/mol. The molecule has 2 bridgehead atoms. The van der Waals surface area contributed by atoms with Crippen LogP contribution < -0.4 is 9.47 Å². The van der Waals surface area contributed by atoms with Gasteiger partial charge in [-0.15, -0.1) is 0 Å². The van der Waals surface area contributed by atoms with Gasteiger partial charge in [0.25, 0.3) is 0 Å². The minimum atomic E-state index is -0.475. The lowest BCUT2D eigenvalue weighted by molar-refractivity contribution is -0.0255. The Morgan fingerprint density at radius 2 is 1.97 bits per heavy atom. The molecule has 1 aromatic carbocycles. The molecule has 3 atom stereocenters. The third-order valence-electron chi connectivity index (χ3n) is 6.91.